The van der Waals surface area contributed by atoms with Crippen LogP contribution in [-0.2, 0) is 0 Å². The monoisotopic (exact) mass is 275 g/mol. The second-order valence-electron chi connectivity index (χ2n) is 5.00. The van der Waals surface area contributed by atoms with E-state index in [9.17, 15) is 9.18 Å². The van der Waals surface area contributed by atoms with Gasteiger partial charge < -0.3 is 9.88 Å². The first-order valence-electron chi connectivity index (χ1n) is 6.58. The molecule has 2 aromatic rings. The molecule has 0 saturated heterocycles. The Bertz CT molecular complexity index is 652. The zero-order valence-electron chi connectivity index (χ0n) is 11.8. The third-order valence-electron chi connectivity index (χ3n) is 3.13. The molecule has 5 heteroatoms. The van der Waals surface area contributed by atoms with Gasteiger partial charge in [0, 0.05) is 18.4 Å². The molecule has 1 unspecified atom stereocenters. The number of hydrogen-bond acceptors (Lipinski definition) is 3. The van der Waals surface area contributed by atoms with E-state index in [-0.39, 0.29) is 29.3 Å². The van der Waals surface area contributed by atoms with Gasteiger partial charge in [-0.25, -0.2) is 9.37 Å². The van der Waals surface area contributed by atoms with E-state index in [0.717, 1.165) is 5.56 Å². The molecule has 0 aliphatic carbocycles. The Kier molecular flexibility index (Phi) is 4.17. The first-order valence-corrected chi connectivity index (χ1v) is 6.58. The van der Waals surface area contributed by atoms with Gasteiger partial charge in [0.1, 0.15) is 5.82 Å². The maximum absolute atomic E-state index is 13.2. The predicted octanol–water partition coefficient (Wildman–Crippen LogP) is 3.14. The minimum absolute atomic E-state index is 0.0653. The SMILES string of the molecule is CC(Nc1nccn(C(C)C)c1=O)c1cccc(F)c1. The first-order chi connectivity index (χ1) is 9.49. The maximum atomic E-state index is 13.2. The molecule has 106 valence electrons. The van der Waals surface area contributed by atoms with E-state index in [2.05, 4.69) is 10.3 Å². The average Bonchev–Trinajstić information content (AvgIpc) is 2.40. The normalized spacial score (nSPS) is 12.4. The molecule has 0 radical (unpaired) electrons. The highest BCUT2D eigenvalue weighted by atomic mass is 19.1. The maximum Gasteiger partial charge on any atom is 0.293 e. The van der Waals surface area contributed by atoms with Gasteiger partial charge in [0.05, 0.1) is 6.04 Å². The van der Waals surface area contributed by atoms with Crippen molar-refractivity contribution in [3.63, 3.8) is 0 Å². The van der Waals surface area contributed by atoms with Gasteiger partial charge in [-0.15, -0.1) is 0 Å². The van der Waals surface area contributed by atoms with Crippen molar-refractivity contribution in [2.45, 2.75) is 32.9 Å². The molecule has 4 nitrogen and oxygen atoms in total. The summed E-state index contributed by atoms with van der Waals surface area (Å²) in [5.41, 5.74) is 0.594. The highest BCUT2D eigenvalue weighted by Gasteiger charge is 2.11. The Morgan fingerprint density at radius 3 is 2.70 bits per heavy atom. The number of benzene rings is 1. The lowest BCUT2D eigenvalue weighted by molar-refractivity contribution is 0.574. The molecule has 1 aromatic heterocycles. The zero-order chi connectivity index (χ0) is 14.7. The number of hydrogen-bond donors (Lipinski definition) is 1. The predicted molar refractivity (Wildman–Crippen MR) is 77.3 cm³/mol. The van der Waals surface area contributed by atoms with Crippen molar-refractivity contribution in [2.75, 3.05) is 5.32 Å². The molecule has 20 heavy (non-hydrogen) atoms. The lowest BCUT2D eigenvalue weighted by atomic mass is 10.1. The highest BCUT2D eigenvalue weighted by molar-refractivity contribution is 5.36. The number of nitrogens with zero attached hydrogens (tertiary/aromatic N) is 2. The van der Waals surface area contributed by atoms with Gasteiger partial charge in [-0.3, -0.25) is 4.79 Å². The summed E-state index contributed by atoms with van der Waals surface area (Å²) in [6.45, 7) is 5.73. The standard InChI is InChI=1S/C15H18FN3O/c1-10(2)19-8-7-17-14(15(19)20)18-11(3)12-5-4-6-13(16)9-12/h4-11H,1-3H3,(H,17,18). The van der Waals surface area contributed by atoms with Crippen LogP contribution in [0.2, 0.25) is 0 Å². The van der Waals surface area contributed by atoms with Gasteiger partial charge >= 0.3 is 0 Å². The summed E-state index contributed by atoms with van der Waals surface area (Å²) >= 11 is 0. The Labute approximate surface area is 117 Å². The largest absolute Gasteiger partial charge is 0.359 e. The summed E-state index contributed by atoms with van der Waals surface area (Å²) in [6, 6.07) is 6.16. The van der Waals surface area contributed by atoms with E-state index in [4.69, 9.17) is 0 Å². The van der Waals surface area contributed by atoms with Crippen LogP contribution in [0.4, 0.5) is 10.2 Å². The summed E-state index contributed by atoms with van der Waals surface area (Å²) in [7, 11) is 0. The molecular weight excluding hydrogens is 257 g/mol. The van der Waals surface area contributed by atoms with E-state index in [1.165, 1.54) is 12.1 Å². The zero-order valence-corrected chi connectivity index (χ0v) is 11.8. The lowest BCUT2D eigenvalue weighted by Crippen LogP contribution is -2.26. The molecule has 0 amide bonds. The van der Waals surface area contributed by atoms with Crippen LogP contribution in [0.5, 0.6) is 0 Å². The summed E-state index contributed by atoms with van der Waals surface area (Å²) in [5.74, 6) is -0.0188. The van der Waals surface area contributed by atoms with Gasteiger partial charge in [-0.2, -0.15) is 0 Å². The van der Waals surface area contributed by atoms with Gasteiger partial charge in [0.2, 0.25) is 0 Å². The van der Waals surface area contributed by atoms with Crippen LogP contribution in [0, 0.1) is 5.82 Å². The number of rotatable bonds is 4. The molecule has 1 atom stereocenters. The Balaban J connectivity index is 2.26. The molecule has 0 bridgehead atoms. The summed E-state index contributed by atoms with van der Waals surface area (Å²) in [4.78, 5) is 16.3. The van der Waals surface area contributed by atoms with E-state index < -0.39 is 0 Å². The molecule has 1 heterocycles. The van der Waals surface area contributed by atoms with Crippen LogP contribution >= 0.6 is 0 Å². The fourth-order valence-electron chi connectivity index (χ4n) is 1.99. The highest BCUT2D eigenvalue weighted by Crippen LogP contribution is 2.17. The van der Waals surface area contributed by atoms with Crippen LogP contribution in [0.15, 0.2) is 41.5 Å². The number of halogens is 1. The molecule has 0 saturated carbocycles. The number of nitrogens with one attached hydrogen (secondary N) is 1. The summed E-state index contributed by atoms with van der Waals surface area (Å²) in [6.07, 6.45) is 3.24. The van der Waals surface area contributed by atoms with Gasteiger partial charge in [-0.1, -0.05) is 12.1 Å². The van der Waals surface area contributed by atoms with Gasteiger partial charge in [0.25, 0.3) is 5.56 Å². The van der Waals surface area contributed by atoms with Crippen molar-refractivity contribution in [1.82, 2.24) is 9.55 Å². The molecule has 0 spiro atoms. The Hall–Kier alpha value is -2.17. The van der Waals surface area contributed by atoms with Crippen LogP contribution < -0.4 is 10.9 Å². The second-order valence-corrected chi connectivity index (χ2v) is 5.00. The van der Waals surface area contributed by atoms with Crippen molar-refractivity contribution in [2.24, 2.45) is 0 Å². The molecule has 1 aromatic carbocycles. The fraction of sp³-hybridized carbons (Fsp3) is 0.333. The fourth-order valence-corrected chi connectivity index (χ4v) is 1.99. The minimum atomic E-state index is -0.295. The minimum Gasteiger partial charge on any atom is -0.359 e. The molecule has 0 aliphatic heterocycles. The van der Waals surface area contributed by atoms with Crippen molar-refractivity contribution >= 4 is 5.82 Å². The topological polar surface area (TPSA) is 46.9 Å². The third-order valence-corrected chi connectivity index (χ3v) is 3.13. The molecular formula is C15H18FN3O. The van der Waals surface area contributed by atoms with E-state index in [1.54, 1.807) is 23.0 Å². The summed E-state index contributed by atoms with van der Waals surface area (Å²) < 4.78 is 14.8. The van der Waals surface area contributed by atoms with E-state index >= 15 is 0 Å². The van der Waals surface area contributed by atoms with Crippen LogP contribution in [0.25, 0.3) is 0 Å². The van der Waals surface area contributed by atoms with Crippen molar-refractivity contribution < 1.29 is 4.39 Å². The summed E-state index contributed by atoms with van der Waals surface area (Å²) in [5, 5.41) is 3.04. The van der Waals surface area contributed by atoms with Gasteiger partial charge in [-0.05, 0) is 38.5 Å². The van der Waals surface area contributed by atoms with Crippen LogP contribution in [-0.4, -0.2) is 9.55 Å². The number of aromatic nitrogens is 2. The van der Waals surface area contributed by atoms with E-state index in [1.807, 2.05) is 26.8 Å². The van der Waals surface area contributed by atoms with Crippen LogP contribution in [0.1, 0.15) is 38.4 Å². The first kappa shape index (κ1) is 14.2. The average molecular weight is 275 g/mol. The number of anilines is 1. The van der Waals surface area contributed by atoms with Crippen LogP contribution in [0.3, 0.4) is 0 Å². The molecule has 1 N–H and O–H groups in total. The molecule has 0 fully saturated rings. The van der Waals surface area contributed by atoms with Crippen molar-refractivity contribution in [1.29, 1.82) is 0 Å². The van der Waals surface area contributed by atoms with Gasteiger partial charge in [0.15, 0.2) is 5.82 Å². The quantitative estimate of drug-likeness (QED) is 0.932. The van der Waals surface area contributed by atoms with Crippen molar-refractivity contribution in [3.8, 4) is 0 Å². The Morgan fingerprint density at radius 1 is 1.30 bits per heavy atom. The molecule has 0 aliphatic rings. The lowest BCUT2D eigenvalue weighted by Gasteiger charge is -2.16. The third kappa shape index (κ3) is 3.04. The second kappa shape index (κ2) is 5.86. The smallest absolute Gasteiger partial charge is 0.293 e. The van der Waals surface area contributed by atoms with E-state index in [0.29, 0.717) is 0 Å². The molecule has 2 rings (SSSR count). The Morgan fingerprint density at radius 2 is 2.05 bits per heavy atom. The van der Waals surface area contributed by atoms with Crippen molar-refractivity contribution in [3.05, 3.63) is 58.4 Å².